The van der Waals surface area contributed by atoms with E-state index in [0.717, 1.165) is 25.3 Å². The second-order valence-corrected chi connectivity index (χ2v) is 6.65. The summed E-state index contributed by atoms with van der Waals surface area (Å²) in [6.07, 6.45) is 4.49. The monoisotopic (exact) mass is 269 g/mol. The molecule has 0 aliphatic carbocycles. The zero-order chi connectivity index (χ0) is 14.5. The highest BCUT2D eigenvalue weighted by molar-refractivity contribution is 5.84. The van der Waals surface area contributed by atoms with Gasteiger partial charge in [-0.3, -0.25) is 4.79 Å². The van der Waals surface area contributed by atoms with Gasteiger partial charge in [-0.2, -0.15) is 0 Å². The van der Waals surface area contributed by atoms with E-state index in [2.05, 4.69) is 17.1 Å². The lowest BCUT2D eigenvalue weighted by Gasteiger charge is -2.33. The molecule has 0 aromatic rings. The first-order valence-electron chi connectivity index (χ1n) is 7.63. The van der Waals surface area contributed by atoms with Crippen LogP contribution in [-0.2, 0) is 4.79 Å². The van der Waals surface area contributed by atoms with Crippen molar-refractivity contribution >= 4 is 5.91 Å². The number of rotatable bonds is 7. The Labute approximate surface area is 118 Å². The normalized spacial score (nSPS) is 24.4. The van der Waals surface area contributed by atoms with Crippen molar-refractivity contribution in [3.63, 3.8) is 0 Å². The number of carbonyl (C=O) groups excluding carboxylic acids is 1. The molecule has 1 aliphatic heterocycles. The van der Waals surface area contributed by atoms with Gasteiger partial charge in [0.2, 0.25) is 5.91 Å². The third kappa shape index (κ3) is 5.49. The summed E-state index contributed by atoms with van der Waals surface area (Å²) in [5.74, 6) is 0.568. The zero-order valence-corrected chi connectivity index (χ0v) is 13.0. The van der Waals surface area contributed by atoms with E-state index in [0.29, 0.717) is 0 Å². The largest absolute Gasteiger partial charge is 0.368 e. The van der Waals surface area contributed by atoms with Crippen molar-refractivity contribution in [2.45, 2.75) is 65.0 Å². The van der Waals surface area contributed by atoms with Crippen molar-refractivity contribution in [1.29, 1.82) is 0 Å². The Morgan fingerprint density at radius 1 is 1.53 bits per heavy atom. The van der Waals surface area contributed by atoms with Crippen LogP contribution in [0.1, 0.15) is 53.4 Å². The number of hydrogen-bond acceptors (Lipinski definition) is 3. The number of nitrogens with one attached hydrogen (secondary N) is 1. The number of carbonyl (C=O) groups is 1. The third-order valence-electron chi connectivity index (χ3n) is 4.04. The molecule has 0 bridgehead atoms. The molecule has 0 radical (unpaired) electrons. The van der Waals surface area contributed by atoms with Gasteiger partial charge in [0.1, 0.15) is 0 Å². The molecule has 1 heterocycles. The lowest BCUT2D eigenvalue weighted by molar-refractivity contribution is -0.124. The van der Waals surface area contributed by atoms with E-state index in [1.807, 2.05) is 20.8 Å². The van der Waals surface area contributed by atoms with Gasteiger partial charge in [0.25, 0.3) is 0 Å². The molecule has 0 aromatic carbocycles. The number of hydrogen-bond donors (Lipinski definition) is 2. The molecule has 2 atom stereocenters. The molecule has 0 aromatic heterocycles. The van der Waals surface area contributed by atoms with Crippen LogP contribution < -0.4 is 11.1 Å². The van der Waals surface area contributed by atoms with E-state index in [4.69, 9.17) is 5.73 Å². The van der Waals surface area contributed by atoms with Crippen LogP contribution >= 0.6 is 0 Å². The highest BCUT2D eigenvalue weighted by atomic mass is 16.1. The minimum absolute atomic E-state index is 0.242. The van der Waals surface area contributed by atoms with E-state index in [1.54, 1.807) is 0 Å². The van der Waals surface area contributed by atoms with Gasteiger partial charge in [-0.1, -0.05) is 6.92 Å². The Morgan fingerprint density at radius 2 is 2.21 bits per heavy atom. The first-order chi connectivity index (χ1) is 8.83. The molecule has 4 heteroatoms. The molecular weight excluding hydrogens is 238 g/mol. The minimum Gasteiger partial charge on any atom is -0.368 e. The molecule has 0 saturated carbocycles. The summed E-state index contributed by atoms with van der Waals surface area (Å²) >= 11 is 0. The molecule has 19 heavy (non-hydrogen) atoms. The van der Waals surface area contributed by atoms with Crippen LogP contribution in [0.25, 0.3) is 0 Å². The van der Waals surface area contributed by atoms with Gasteiger partial charge in [-0.15, -0.1) is 0 Å². The molecule has 3 N–H and O–H groups in total. The average Bonchev–Trinajstić information content (AvgIpc) is 2.27. The molecule has 0 spiro atoms. The van der Waals surface area contributed by atoms with Gasteiger partial charge in [0.15, 0.2) is 0 Å². The van der Waals surface area contributed by atoms with Gasteiger partial charge in [0, 0.05) is 12.6 Å². The van der Waals surface area contributed by atoms with E-state index in [1.165, 1.54) is 25.9 Å². The molecule has 1 amide bonds. The van der Waals surface area contributed by atoms with Crippen LogP contribution in [0.4, 0.5) is 0 Å². The van der Waals surface area contributed by atoms with Crippen LogP contribution in [0.5, 0.6) is 0 Å². The SMILES string of the molecule is CC1CCCN(CCCC(C)(NC(C)C)C(N)=O)C1. The maximum absolute atomic E-state index is 11.6. The predicted molar refractivity (Wildman–Crippen MR) is 79.9 cm³/mol. The van der Waals surface area contributed by atoms with E-state index >= 15 is 0 Å². The first kappa shape index (κ1) is 16.4. The maximum atomic E-state index is 11.6. The molecule has 2 unspecified atom stereocenters. The topological polar surface area (TPSA) is 58.4 Å². The summed E-state index contributed by atoms with van der Waals surface area (Å²) in [6, 6.07) is 0.271. The van der Waals surface area contributed by atoms with Crippen molar-refractivity contribution in [1.82, 2.24) is 10.2 Å². The van der Waals surface area contributed by atoms with Crippen molar-refractivity contribution in [3.8, 4) is 0 Å². The maximum Gasteiger partial charge on any atom is 0.237 e. The lowest BCUT2D eigenvalue weighted by Crippen LogP contribution is -2.55. The fourth-order valence-electron chi connectivity index (χ4n) is 3.05. The van der Waals surface area contributed by atoms with Gasteiger partial charge >= 0.3 is 0 Å². The number of nitrogens with zero attached hydrogens (tertiary/aromatic N) is 1. The quantitative estimate of drug-likeness (QED) is 0.740. The van der Waals surface area contributed by atoms with Crippen LogP contribution in [0, 0.1) is 5.92 Å². The average molecular weight is 269 g/mol. The Kier molecular flexibility index (Phi) is 6.27. The third-order valence-corrected chi connectivity index (χ3v) is 4.04. The number of primary amides is 1. The highest BCUT2D eigenvalue weighted by Gasteiger charge is 2.31. The van der Waals surface area contributed by atoms with Crippen LogP contribution in [0.2, 0.25) is 0 Å². The molecule has 112 valence electrons. The Morgan fingerprint density at radius 3 is 2.74 bits per heavy atom. The predicted octanol–water partition coefficient (Wildman–Crippen LogP) is 1.74. The van der Waals surface area contributed by atoms with E-state index in [-0.39, 0.29) is 11.9 Å². The second-order valence-electron chi connectivity index (χ2n) is 6.65. The molecular formula is C15H31N3O. The van der Waals surface area contributed by atoms with Crippen LogP contribution in [0.15, 0.2) is 0 Å². The van der Waals surface area contributed by atoms with E-state index in [9.17, 15) is 4.79 Å². The summed E-state index contributed by atoms with van der Waals surface area (Å²) in [5, 5.41) is 3.31. The summed E-state index contributed by atoms with van der Waals surface area (Å²) in [6.45, 7) is 11.8. The van der Waals surface area contributed by atoms with Crippen molar-refractivity contribution in [2.24, 2.45) is 11.7 Å². The van der Waals surface area contributed by atoms with Crippen molar-refractivity contribution < 1.29 is 4.79 Å². The minimum atomic E-state index is -0.574. The smallest absolute Gasteiger partial charge is 0.237 e. The van der Waals surface area contributed by atoms with Gasteiger partial charge in [-0.25, -0.2) is 0 Å². The standard InChI is InChI=1S/C15H31N3O/c1-12(2)17-15(4,14(16)19)8-6-10-18-9-5-7-13(3)11-18/h12-13,17H,5-11H2,1-4H3,(H2,16,19). The lowest BCUT2D eigenvalue weighted by atomic mass is 9.93. The van der Waals surface area contributed by atoms with Gasteiger partial charge < -0.3 is 16.0 Å². The summed E-state index contributed by atoms with van der Waals surface area (Å²) in [7, 11) is 0. The van der Waals surface area contributed by atoms with Gasteiger partial charge in [-0.05, 0) is 65.5 Å². The second kappa shape index (κ2) is 7.25. The first-order valence-corrected chi connectivity index (χ1v) is 7.63. The fourth-order valence-corrected chi connectivity index (χ4v) is 3.05. The molecule has 4 nitrogen and oxygen atoms in total. The summed E-state index contributed by atoms with van der Waals surface area (Å²) < 4.78 is 0. The summed E-state index contributed by atoms with van der Waals surface area (Å²) in [5.41, 5.74) is 4.97. The molecule has 1 fully saturated rings. The van der Waals surface area contributed by atoms with Crippen molar-refractivity contribution in [3.05, 3.63) is 0 Å². The highest BCUT2D eigenvalue weighted by Crippen LogP contribution is 2.18. The number of nitrogens with two attached hydrogens (primary N) is 1. The molecule has 1 aliphatic rings. The van der Waals surface area contributed by atoms with Gasteiger partial charge in [0.05, 0.1) is 5.54 Å². The zero-order valence-electron chi connectivity index (χ0n) is 13.0. The van der Waals surface area contributed by atoms with Crippen LogP contribution in [-0.4, -0.2) is 42.0 Å². The number of piperidine rings is 1. The van der Waals surface area contributed by atoms with Crippen molar-refractivity contribution in [2.75, 3.05) is 19.6 Å². The number of likely N-dealkylation sites (tertiary alicyclic amines) is 1. The van der Waals surface area contributed by atoms with E-state index < -0.39 is 5.54 Å². The summed E-state index contributed by atoms with van der Waals surface area (Å²) in [4.78, 5) is 14.2. The Balaban J connectivity index is 2.37. The molecule has 1 saturated heterocycles. The molecule has 1 rings (SSSR count). The Bertz CT molecular complexity index is 293. The number of amides is 1. The Hall–Kier alpha value is -0.610. The fraction of sp³-hybridized carbons (Fsp3) is 0.933. The van der Waals surface area contributed by atoms with Crippen LogP contribution in [0.3, 0.4) is 0 Å².